The summed E-state index contributed by atoms with van der Waals surface area (Å²) in [5, 5.41) is 7.58. The molecule has 3 aromatic heterocycles. The zero-order valence-corrected chi connectivity index (χ0v) is 15.9. The van der Waals surface area contributed by atoms with Gasteiger partial charge in [-0.15, -0.1) is 5.10 Å². The molecule has 1 aliphatic heterocycles. The van der Waals surface area contributed by atoms with E-state index in [1.54, 1.807) is 19.3 Å². The second kappa shape index (κ2) is 7.47. The van der Waals surface area contributed by atoms with Gasteiger partial charge in [-0.2, -0.15) is 18.3 Å². The van der Waals surface area contributed by atoms with E-state index in [2.05, 4.69) is 20.1 Å². The molecule has 8 nitrogen and oxygen atoms in total. The van der Waals surface area contributed by atoms with Crippen molar-refractivity contribution < 1.29 is 22.4 Å². The van der Waals surface area contributed by atoms with Gasteiger partial charge < -0.3 is 14.2 Å². The number of nitrogens with zero attached hydrogens (tertiary/aromatic N) is 4. The minimum atomic E-state index is -4.74. The van der Waals surface area contributed by atoms with Crippen LogP contribution in [-0.2, 0) is 6.18 Å². The third-order valence-corrected chi connectivity index (χ3v) is 5.27. The summed E-state index contributed by atoms with van der Waals surface area (Å²) in [5.74, 6) is -0.0415. The Kier molecular flexibility index (Phi) is 4.96. The van der Waals surface area contributed by atoms with E-state index in [9.17, 15) is 22.8 Å². The van der Waals surface area contributed by atoms with Gasteiger partial charge in [0.2, 0.25) is 5.71 Å². The Bertz CT molecular complexity index is 1120. The molecule has 0 spiro atoms. The quantitative estimate of drug-likeness (QED) is 0.699. The van der Waals surface area contributed by atoms with E-state index in [4.69, 9.17) is 4.42 Å². The molecule has 0 unspecified atom stereocenters. The lowest BCUT2D eigenvalue weighted by molar-refractivity contribution is -0.136. The Morgan fingerprint density at radius 3 is 2.67 bits per heavy atom. The summed E-state index contributed by atoms with van der Waals surface area (Å²) in [6.07, 6.45) is -1.84. The minimum Gasteiger partial charge on any atom is -0.434 e. The van der Waals surface area contributed by atoms with Crippen molar-refractivity contribution in [2.45, 2.75) is 25.1 Å². The topological polar surface area (TPSA) is 95.3 Å². The summed E-state index contributed by atoms with van der Waals surface area (Å²) in [5.41, 5.74) is -2.46. The second-order valence-electron chi connectivity index (χ2n) is 7.11. The first-order valence-corrected chi connectivity index (χ1v) is 9.28. The first-order chi connectivity index (χ1) is 14.2. The third kappa shape index (κ3) is 3.74. The van der Waals surface area contributed by atoms with E-state index in [-0.39, 0.29) is 22.9 Å². The molecule has 1 fully saturated rings. The predicted octanol–water partition coefficient (Wildman–Crippen LogP) is 2.67. The molecule has 0 aromatic carbocycles. The molecule has 4 heterocycles. The smallest absolute Gasteiger partial charge is 0.417 e. The molecule has 30 heavy (non-hydrogen) atoms. The number of alkyl halides is 3. The number of pyridine rings is 1. The number of H-pyrrole nitrogens is 1. The van der Waals surface area contributed by atoms with E-state index < -0.39 is 23.2 Å². The van der Waals surface area contributed by atoms with Gasteiger partial charge in [0.15, 0.2) is 11.6 Å². The second-order valence-corrected chi connectivity index (χ2v) is 7.11. The summed E-state index contributed by atoms with van der Waals surface area (Å²) in [6.45, 7) is 1.32. The number of fused-ring (bicyclic) bond motifs is 1. The highest BCUT2D eigenvalue weighted by atomic mass is 19.4. The summed E-state index contributed by atoms with van der Waals surface area (Å²) in [7, 11) is 1.59. The van der Waals surface area contributed by atoms with Crippen LogP contribution >= 0.6 is 0 Å². The molecular weight excluding hydrogens is 403 g/mol. The van der Waals surface area contributed by atoms with Gasteiger partial charge in [-0.1, -0.05) is 0 Å². The first kappa shape index (κ1) is 19.9. The fraction of sp³-hybridized carbons (Fsp3) is 0.368. The third-order valence-electron chi connectivity index (χ3n) is 5.27. The highest BCUT2D eigenvalue weighted by molar-refractivity contribution is 5.96. The van der Waals surface area contributed by atoms with E-state index in [0.29, 0.717) is 32.0 Å². The largest absolute Gasteiger partial charge is 0.434 e. The predicted molar refractivity (Wildman–Crippen MR) is 101 cm³/mol. The van der Waals surface area contributed by atoms with Crippen LogP contribution < -0.4 is 10.5 Å². The zero-order valence-electron chi connectivity index (χ0n) is 15.9. The van der Waals surface area contributed by atoms with Gasteiger partial charge >= 0.3 is 6.18 Å². The van der Waals surface area contributed by atoms with Gasteiger partial charge in [-0.25, -0.2) is 0 Å². The summed E-state index contributed by atoms with van der Waals surface area (Å²) >= 11 is 0. The van der Waals surface area contributed by atoms with Crippen molar-refractivity contribution >= 4 is 22.8 Å². The van der Waals surface area contributed by atoms with Crippen LogP contribution in [0.15, 0.2) is 39.7 Å². The van der Waals surface area contributed by atoms with Gasteiger partial charge in [-0.05, 0) is 31.0 Å². The van der Waals surface area contributed by atoms with Crippen LogP contribution in [0.1, 0.15) is 29.0 Å². The Morgan fingerprint density at radius 2 is 2.03 bits per heavy atom. The molecule has 0 saturated carbocycles. The Hall–Kier alpha value is -3.37. The number of carbonyl (C=O) groups is 1. The first-order valence-electron chi connectivity index (χ1n) is 9.28. The van der Waals surface area contributed by atoms with Crippen LogP contribution in [0.25, 0.3) is 11.1 Å². The van der Waals surface area contributed by atoms with Gasteiger partial charge in [0.1, 0.15) is 0 Å². The number of amides is 1. The Labute approximate surface area is 168 Å². The van der Waals surface area contributed by atoms with Crippen molar-refractivity contribution in [3.05, 3.63) is 52.1 Å². The maximum absolute atomic E-state index is 13.2. The normalized spacial score (nSPS) is 15.5. The molecular formula is C19H18F3N5O3. The highest BCUT2D eigenvalue weighted by Gasteiger charge is 2.35. The summed E-state index contributed by atoms with van der Waals surface area (Å²) in [6, 6.07) is 5.03. The molecule has 3 aromatic rings. The maximum Gasteiger partial charge on any atom is 0.417 e. The van der Waals surface area contributed by atoms with E-state index in [1.807, 2.05) is 6.07 Å². The highest BCUT2D eigenvalue weighted by Crippen LogP contribution is 2.34. The van der Waals surface area contributed by atoms with Gasteiger partial charge in [0, 0.05) is 38.4 Å². The number of hydrogen-bond donors (Lipinski definition) is 1. The number of piperidine rings is 1. The molecule has 1 aliphatic rings. The molecule has 0 aliphatic carbocycles. The molecule has 4 rings (SSSR count). The molecule has 0 bridgehead atoms. The molecule has 1 N–H and O–H groups in total. The SMILES string of the molecule is CN(C(=O)c1cc2c(C(F)(F)F)cc(=O)[nH]c2o1)C1CCN(c2cccnn2)CC1. The fourth-order valence-electron chi connectivity index (χ4n) is 3.66. The molecule has 1 amide bonds. The van der Waals surface area contributed by atoms with Crippen molar-refractivity contribution in [2.75, 3.05) is 25.0 Å². The van der Waals surface area contributed by atoms with Crippen LogP contribution in [0.5, 0.6) is 0 Å². The number of rotatable bonds is 3. The average Bonchev–Trinajstić information content (AvgIpc) is 3.16. The number of carbonyl (C=O) groups excluding carboxylic acids is 1. The monoisotopic (exact) mass is 421 g/mol. The van der Waals surface area contributed by atoms with Crippen LogP contribution in [0, 0.1) is 0 Å². The number of nitrogens with one attached hydrogen (secondary N) is 1. The summed E-state index contributed by atoms with van der Waals surface area (Å²) < 4.78 is 45.0. The van der Waals surface area contributed by atoms with Crippen LogP contribution in [0.3, 0.4) is 0 Å². The lowest BCUT2D eigenvalue weighted by atomic mass is 10.0. The Morgan fingerprint density at radius 1 is 1.30 bits per heavy atom. The molecule has 0 atom stereocenters. The average molecular weight is 421 g/mol. The van der Waals surface area contributed by atoms with Crippen LogP contribution in [0.2, 0.25) is 0 Å². The van der Waals surface area contributed by atoms with Crippen molar-refractivity contribution in [3.8, 4) is 0 Å². The van der Waals surface area contributed by atoms with Crippen LogP contribution in [0.4, 0.5) is 19.0 Å². The van der Waals surface area contributed by atoms with Gasteiger partial charge in [-0.3, -0.25) is 14.6 Å². The number of aromatic amines is 1. The van der Waals surface area contributed by atoms with E-state index >= 15 is 0 Å². The molecule has 11 heteroatoms. The minimum absolute atomic E-state index is 0.111. The van der Waals surface area contributed by atoms with Crippen LogP contribution in [-0.4, -0.2) is 52.2 Å². The standard InChI is InChI=1S/C19H18F3N5O3/c1-26(11-4-7-27(8-5-11)15-3-2-6-23-25-15)18(29)14-9-12-13(19(20,21)22)10-16(28)24-17(12)30-14/h2-3,6,9-11H,4-5,7-8H2,1H3,(H,24,28). The lowest BCUT2D eigenvalue weighted by Gasteiger charge is -2.36. The van der Waals surface area contributed by atoms with Gasteiger partial charge in [0.25, 0.3) is 11.5 Å². The van der Waals surface area contributed by atoms with Gasteiger partial charge in [0.05, 0.1) is 10.9 Å². The number of furan rings is 1. The lowest BCUT2D eigenvalue weighted by Crippen LogP contribution is -2.45. The van der Waals surface area contributed by atoms with Crippen molar-refractivity contribution in [2.24, 2.45) is 0 Å². The molecule has 158 valence electrons. The number of anilines is 1. The van der Waals surface area contributed by atoms with Crippen molar-refractivity contribution in [3.63, 3.8) is 0 Å². The number of aromatic nitrogens is 3. The fourth-order valence-corrected chi connectivity index (χ4v) is 3.66. The maximum atomic E-state index is 13.2. The van der Waals surface area contributed by atoms with Crippen molar-refractivity contribution in [1.29, 1.82) is 0 Å². The Balaban J connectivity index is 1.52. The van der Waals surface area contributed by atoms with E-state index in [0.717, 1.165) is 11.9 Å². The number of halogens is 3. The summed E-state index contributed by atoms with van der Waals surface area (Å²) in [4.78, 5) is 30.1. The number of hydrogen-bond acceptors (Lipinski definition) is 6. The zero-order chi connectivity index (χ0) is 21.5. The van der Waals surface area contributed by atoms with Crippen molar-refractivity contribution in [1.82, 2.24) is 20.1 Å². The van der Waals surface area contributed by atoms with E-state index in [1.165, 1.54) is 4.90 Å². The molecule has 1 saturated heterocycles. The molecule has 0 radical (unpaired) electrons.